The molecule has 1 N–H and O–H groups in total. The van der Waals surface area contributed by atoms with E-state index in [0.717, 1.165) is 54.0 Å². The van der Waals surface area contributed by atoms with Crippen LogP contribution in [0, 0.1) is 5.82 Å². The van der Waals surface area contributed by atoms with Crippen LogP contribution in [0.5, 0.6) is 0 Å². The number of rotatable bonds is 6. The van der Waals surface area contributed by atoms with E-state index in [4.69, 9.17) is 4.74 Å². The topological polar surface area (TPSA) is 67.4 Å². The first-order valence-electron chi connectivity index (χ1n) is 11.5. The molecule has 178 valence electrons. The summed E-state index contributed by atoms with van der Waals surface area (Å²) in [6.45, 7) is 5.06. The van der Waals surface area contributed by atoms with Gasteiger partial charge in [-0.05, 0) is 55.5 Å². The Balaban J connectivity index is 1.30. The van der Waals surface area contributed by atoms with Gasteiger partial charge in [0.15, 0.2) is 0 Å². The zero-order valence-corrected chi connectivity index (χ0v) is 20.1. The van der Waals surface area contributed by atoms with Crippen LogP contribution >= 0.6 is 11.8 Å². The van der Waals surface area contributed by atoms with Crippen LogP contribution in [0.3, 0.4) is 0 Å². The lowest BCUT2D eigenvalue weighted by Crippen LogP contribution is -2.36. The minimum absolute atomic E-state index is 0.109. The minimum Gasteiger partial charge on any atom is -0.378 e. The standard InChI is InChI=1S/C27H25FN4O2S/c1-18(26(33)29-21-10-12-22(13-11-21)32-14-16-34-17-15-32)35-27-24-5-3-2-4-23(24)25(30-31-27)19-6-8-20(28)9-7-19/h2-13,18H,14-17H2,1H3,(H,29,33). The fourth-order valence-electron chi connectivity index (χ4n) is 4.03. The largest absolute Gasteiger partial charge is 0.378 e. The number of nitrogens with zero attached hydrogens (tertiary/aromatic N) is 3. The summed E-state index contributed by atoms with van der Waals surface area (Å²) < 4.78 is 18.8. The lowest BCUT2D eigenvalue weighted by atomic mass is 10.1. The first-order valence-corrected chi connectivity index (χ1v) is 12.4. The molecule has 3 aromatic carbocycles. The SMILES string of the molecule is CC(Sc1nnc(-c2ccc(F)cc2)c2ccccc12)C(=O)Nc1ccc(N2CCOCC2)cc1. The Morgan fingerprint density at radius 1 is 0.971 bits per heavy atom. The van der Waals surface area contributed by atoms with Crippen molar-refractivity contribution in [2.45, 2.75) is 17.2 Å². The van der Waals surface area contributed by atoms with Crippen LogP contribution in [0.25, 0.3) is 22.0 Å². The number of halogens is 1. The zero-order chi connectivity index (χ0) is 24.2. The van der Waals surface area contributed by atoms with Crippen LogP contribution in [-0.2, 0) is 9.53 Å². The van der Waals surface area contributed by atoms with Crippen molar-refractivity contribution in [3.8, 4) is 11.3 Å². The fourth-order valence-corrected chi connectivity index (χ4v) is 4.92. The van der Waals surface area contributed by atoms with E-state index >= 15 is 0 Å². The van der Waals surface area contributed by atoms with E-state index in [1.807, 2.05) is 55.5 Å². The van der Waals surface area contributed by atoms with E-state index in [9.17, 15) is 9.18 Å². The third kappa shape index (κ3) is 5.28. The monoisotopic (exact) mass is 488 g/mol. The van der Waals surface area contributed by atoms with Crippen molar-refractivity contribution in [2.24, 2.45) is 0 Å². The number of anilines is 2. The van der Waals surface area contributed by atoms with Crippen molar-refractivity contribution in [2.75, 3.05) is 36.5 Å². The van der Waals surface area contributed by atoms with Gasteiger partial charge in [-0.1, -0.05) is 36.0 Å². The molecule has 0 aliphatic carbocycles. The summed E-state index contributed by atoms with van der Waals surface area (Å²) in [4.78, 5) is 15.2. The van der Waals surface area contributed by atoms with Gasteiger partial charge in [-0.25, -0.2) is 4.39 Å². The molecule has 1 aliphatic rings. The lowest BCUT2D eigenvalue weighted by molar-refractivity contribution is -0.115. The summed E-state index contributed by atoms with van der Waals surface area (Å²) in [5, 5.41) is 13.9. The molecule has 1 atom stereocenters. The number of hydrogen-bond acceptors (Lipinski definition) is 6. The maximum atomic E-state index is 13.4. The Morgan fingerprint density at radius 2 is 1.66 bits per heavy atom. The molecule has 6 nitrogen and oxygen atoms in total. The summed E-state index contributed by atoms with van der Waals surface area (Å²) in [6.07, 6.45) is 0. The van der Waals surface area contributed by atoms with Gasteiger partial charge in [0.2, 0.25) is 5.91 Å². The van der Waals surface area contributed by atoms with Crippen molar-refractivity contribution in [1.82, 2.24) is 10.2 Å². The highest BCUT2D eigenvalue weighted by Gasteiger charge is 2.19. The molecule has 2 heterocycles. The molecule has 0 saturated carbocycles. The molecule has 0 bridgehead atoms. The number of carbonyl (C=O) groups excluding carboxylic acids is 1. The highest BCUT2D eigenvalue weighted by atomic mass is 32.2. The second-order valence-corrected chi connectivity index (χ2v) is 9.63. The molecule has 4 aromatic rings. The maximum Gasteiger partial charge on any atom is 0.237 e. The quantitative estimate of drug-likeness (QED) is 0.367. The zero-order valence-electron chi connectivity index (χ0n) is 19.3. The van der Waals surface area contributed by atoms with Crippen molar-refractivity contribution >= 4 is 39.8 Å². The molecule has 1 amide bonds. The number of nitrogens with one attached hydrogen (secondary N) is 1. The van der Waals surface area contributed by atoms with Gasteiger partial charge in [0, 0.05) is 40.8 Å². The van der Waals surface area contributed by atoms with Crippen LogP contribution in [0.1, 0.15) is 6.92 Å². The Bertz CT molecular complexity index is 1330. The number of hydrogen-bond donors (Lipinski definition) is 1. The molecule has 1 saturated heterocycles. The molecule has 1 unspecified atom stereocenters. The molecule has 0 radical (unpaired) electrons. The van der Waals surface area contributed by atoms with Crippen molar-refractivity contribution in [1.29, 1.82) is 0 Å². The number of benzene rings is 3. The Morgan fingerprint density at radius 3 is 2.37 bits per heavy atom. The molecule has 1 aromatic heterocycles. The van der Waals surface area contributed by atoms with Gasteiger partial charge < -0.3 is 15.0 Å². The Hall–Kier alpha value is -3.49. The van der Waals surface area contributed by atoms with E-state index in [0.29, 0.717) is 10.7 Å². The van der Waals surface area contributed by atoms with Gasteiger partial charge in [-0.15, -0.1) is 10.2 Å². The van der Waals surface area contributed by atoms with Gasteiger partial charge in [-0.2, -0.15) is 0 Å². The number of fused-ring (bicyclic) bond motifs is 1. The predicted octanol–water partition coefficient (Wildman–Crippen LogP) is 5.39. The summed E-state index contributed by atoms with van der Waals surface area (Å²) in [7, 11) is 0. The number of carbonyl (C=O) groups is 1. The number of aromatic nitrogens is 2. The summed E-state index contributed by atoms with van der Waals surface area (Å²) in [5.41, 5.74) is 3.35. The molecule has 5 rings (SSSR count). The van der Waals surface area contributed by atoms with Crippen LogP contribution in [0.2, 0.25) is 0 Å². The second-order valence-electron chi connectivity index (χ2n) is 8.30. The first kappa shape index (κ1) is 23.3. The summed E-state index contributed by atoms with van der Waals surface area (Å²) in [6, 6.07) is 21.9. The van der Waals surface area contributed by atoms with Crippen LogP contribution < -0.4 is 10.2 Å². The van der Waals surface area contributed by atoms with Gasteiger partial charge in [0.25, 0.3) is 0 Å². The van der Waals surface area contributed by atoms with Gasteiger partial charge in [0.1, 0.15) is 16.5 Å². The third-order valence-corrected chi connectivity index (χ3v) is 7.03. The molecular weight excluding hydrogens is 463 g/mol. The van der Waals surface area contributed by atoms with Crippen molar-refractivity contribution < 1.29 is 13.9 Å². The highest BCUT2D eigenvalue weighted by Crippen LogP contribution is 2.33. The Labute approximate surface area is 207 Å². The van der Waals surface area contributed by atoms with Crippen LogP contribution in [0.15, 0.2) is 77.8 Å². The van der Waals surface area contributed by atoms with Gasteiger partial charge >= 0.3 is 0 Å². The van der Waals surface area contributed by atoms with Crippen LogP contribution in [0.4, 0.5) is 15.8 Å². The Kier molecular flexibility index (Phi) is 6.92. The number of morpholine rings is 1. The lowest BCUT2D eigenvalue weighted by Gasteiger charge is -2.28. The van der Waals surface area contributed by atoms with E-state index in [2.05, 4.69) is 20.4 Å². The molecule has 8 heteroatoms. The highest BCUT2D eigenvalue weighted by molar-refractivity contribution is 8.00. The smallest absolute Gasteiger partial charge is 0.237 e. The molecule has 0 spiro atoms. The number of amides is 1. The molecular formula is C27H25FN4O2S. The predicted molar refractivity (Wildman–Crippen MR) is 138 cm³/mol. The summed E-state index contributed by atoms with van der Waals surface area (Å²) in [5.74, 6) is -0.406. The van der Waals surface area contributed by atoms with E-state index < -0.39 is 0 Å². The fraction of sp³-hybridized carbons (Fsp3) is 0.222. The average Bonchev–Trinajstić information content (AvgIpc) is 2.90. The third-order valence-electron chi connectivity index (χ3n) is 5.94. The number of thioether (sulfide) groups is 1. The van der Waals surface area contributed by atoms with Gasteiger partial charge in [-0.3, -0.25) is 4.79 Å². The first-order chi connectivity index (χ1) is 17.1. The normalized spacial score (nSPS) is 14.6. The average molecular weight is 489 g/mol. The molecule has 1 aliphatic heterocycles. The van der Waals surface area contributed by atoms with Gasteiger partial charge in [0.05, 0.1) is 18.5 Å². The van der Waals surface area contributed by atoms with Crippen molar-refractivity contribution in [3.63, 3.8) is 0 Å². The van der Waals surface area contributed by atoms with Crippen LogP contribution in [-0.4, -0.2) is 47.7 Å². The number of ether oxygens (including phenoxy) is 1. The van der Waals surface area contributed by atoms with Crippen molar-refractivity contribution in [3.05, 3.63) is 78.6 Å². The minimum atomic E-state index is -0.386. The molecule has 1 fully saturated rings. The van der Waals surface area contributed by atoms with E-state index in [-0.39, 0.29) is 17.0 Å². The molecule has 35 heavy (non-hydrogen) atoms. The van der Waals surface area contributed by atoms with E-state index in [1.54, 1.807) is 12.1 Å². The maximum absolute atomic E-state index is 13.4. The summed E-state index contributed by atoms with van der Waals surface area (Å²) >= 11 is 1.36. The second kappa shape index (κ2) is 10.4. The van der Waals surface area contributed by atoms with E-state index in [1.165, 1.54) is 23.9 Å².